The minimum absolute atomic E-state index is 0. The van der Waals surface area contributed by atoms with E-state index in [0.29, 0.717) is 6.54 Å². The van der Waals surface area contributed by atoms with E-state index >= 15 is 0 Å². The van der Waals surface area contributed by atoms with Gasteiger partial charge in [-0.05, 0) is 25.1 Å². The fraction of sp³-hybridized carbons (Fsp3) is 0.278. The summed E-state index contributed by atoms with van der Waals surface area (Å²) in [5.74, 6) is 0.869. The maximum absolute atomic E-state index is 12.3. The predicted molar refractivity (Wildman–Crippen MR) is 105 cm³/mol. The van der Waals surface area contributed by atoms with Gasteiger partial charge in [-0.25, -0.2) is 18.5 Å². The second-order valence-corrected chi connectivity index (χ2v) is 7.92. The zero-order chi connectivity index (χ0) is 20.0. The van der Waals surface area contributed by atoms with E-state index in [1.54, 1.807) is 0 Å². The number of aryl methyl sites for hydroxylation is 1. The van der Waals surface area contributed by atoms with E-state index < -0.39 is 14.9 Å². The van der Waals surface area contributed by atoms with E-state index in [-0.39, 0.29) is 41.1 Å². The molecule has 0 amide bonds. The van der Waals surface area contributed by atoms with Crippen LogP contribution in [0.4, 0.5) is 11.4 Å². The summed E-state index contributed by atoms with van der Waals surface area (Å²) in [5.41, 5.74) is 1.85. The van der Waals surface area contributed by atoms with Crippen molar-refractivity contribution in [2.45, 2.75) is 18.7 Å². The van der Waals surface area contributed by atoms with Crippen molar-refractivity contribution in [2.75, 3.05) is 25.5 Å². The number of likely N-dealkylation sites (N-methyl/N-ethyl adjacent to an activating group) is 1. The molecule has 10 heteroatoms. The monoisotopic (exact) mass is 518 g/mol. The van der Waals surface area contributed by atoms with Crippen LogP contribution < -0.4 is 34.0 Å². The van der Waals surface area contributed by atoms with Crippen LogP contribution in [-0.2, 0) is 10.0 Å². The van der Waals surface area contributed by atoms with Crippen molar-refractivity contribution in [3.8, 4) is 0 Å². The maximum Gasteiger partial charge on any atom is 0.270 e. The molecule has 0 saturated carbocycles. The number of nitro benzene ring substituents is 1. The highest BCUT2D eigenvalue weighted by molar-refractivity contribution is 7.89. The summed E-state index contributed by atoms with van der Waals surface area (Å²) in [6.07, 6.45) is 0. The van der Waals surface area contributed by atoms with E-state index in [1.165, 1.54) is 23.8 Å². The van der Waals surface area contributed by atoms with Crippen LogP contribution in [0.3, 0.4) is 0 Å². The lowest BCUT2D eigenvalue weighted by Gasteiger charge is -2.09. The molecule has 0 heterocycles. The Bertz CT molecular complexity index is 960. The molecule has 0 aliphatic rings. The predicted octanol–water partition coefficient (Wildman–Crippen LogP) is -0.642. The van der Waals surface area contributed by atoms with Gasteiger partial charge in [0.15, 0.2) is 0 Å². The quantitative estimate of drug-likeness (QED) is 0.127. The number of rotatable bonds is 7. The average molecular weight is 518 g/mol. The number of nitro groups is 1. The summed E-state index contributed by atoms with van der Waals surface area (Å²) in [6, 6.07) is 12.9. The van der Waals surface area contributed by atoms with Crippen molar-refractivity contribution in [1.29, 1.82) is 0 Å². The largest absolute Gasteiger partial charge is 1.00 e. The zero-order valence-corrected chi connectivity index (χ0v) is 18.8. The highest BCUT2D eigenvalue weighted by atomic mass is 127. The molecule has 152 valence electrons. The molecule has 2 rings (SSSR count). The third-order valence-electron chi connectivity index (χ3n) is 4.03. The molecule has 0 atom stereocenters. The zero-order valence-electron chi connectivity index (χ0n) is 15.8. The first kappa shape index (κ1) is 24.0. The maximum atomic E-state index is 12.3. The van der Waals surface area contributed by atoms with E-state index in [1.807, 2.05) is 49.7 Å². The number of hydrogen-bond acceptors (Lipinski definition) is 4. The number of halogens is 1. The summed E-state index contributed by atoms with van der Waals surface area (Å²) < 4.78 is 29.0. The summed E-state index contributed by atoms with van der Waals surface area (Å²) in [5, 5.41) is 14.1. The van der Waals surface area contributed by atoms with Crippen LogP contribution in [0.15, 0.2) is 53.4 Å². The molecule has 0 saturated heterocycles. The number of non-ortho nitro benzene ring substituents is 1. The van der Waals surface area contributed by atoms with Gasteiger partial charge in [0.05, 0.1) is 23.4 Å². The number of amidine groups is 1. The molecule has 2 aromatic rings. The van der Waals surface area contributed by atoms with Crippen LogP contribution in [0.1, 0.15) is 12.5 Å². The minimum atomic E-state index is -3.81. The van der Waals surface area contributed by atoms with Gasteiger partial charge in [0.1, 0.15) is 5.69 Å². The van der Waals surface area contributed by atoms with Gasteiger partial charge >= 0.3 is 0 Å². The standard InChI is InChI=1S/C18H22N4O4S.HI/c1-14-7-9-16(10-8-14)20-15(2)21(3)12-11-19-27(25,26)18-6-4-5-17(13-18)22(23)24;/h4-10,13,19H,11-12H2,1-3H3;1H. The van der Waals surface area contributed by atoms with Crippen molar-refractivity contribution < 1.29 is 41.9 Å². The highest BCUT2D eigenvalue weighted by Crippen LogP contribution is 2.16. The van der Waals surface area contributed by atoms with Crippen LogP contribution in [0, 0.1) is 17.0 Å². The number of benzene rings is 2. The van der Waals surface area contributed by atoms with Crippen molar-refractivity contribution in [3.05, 3.63) is 64.2 Å². The van der Waals surface area contributed by atoms with Crippen molar-refractivity contribution in [3.63, 3.8) is 0 Å². The van der Waals surface area contributed by atoms with Gasteiger partial charge in [-0.1, -0.05) is 23.8 Å². The number of anilines is 1. The van der Waals surface area contributed by atoms with E-state index in [2.05, 4.69) is 10.0 Å². The lowest BCUT2D eigenvalue weighted by molar-refractivity contribution is -0.495. The van der Waals surface area contributed by atoms with E-state index in [9.17, 15) is 18.5 Å². The number of hydrogen-bond donors (Lipinski definition) is 2. The van der Waals surface area contributed by atoms with E-state index in [0.717, 1.165) is 17.6 Å². The van der Waals surface area contributed by atoms with Gasteiger partial charge in [-0.3, -0.25) is 14.7 Å². The van der Waals surface area contributed by atoms with Crippen LogP contribution in [-0.4, -0.2) is 43.9 Å². The number of nitrogens with zero attached hydrogens (tertiary/aromatic N) is 2. The Morgan fingerprint density at radius 3 is 2.39 bits per heavy atom. The van der Waals surface area contributed by atoms with Crippen LogP contribution in [0.5, 0.6) is 0 Å². The number of sulfonamides is 1. The third-order valence-corrected chi connectivity index (χ3v) is 5.49. The lowest BCUT2D eigenvalue weighted by Crippen LogP contribution is -3.00. The second kappa shape index (κ2) is 10.5. The number of nitrogens with one attached hydrogen (secondary N) is 2. The average Bonchev–Trinajstić information content (AvgIpc) is 2.63. The Labute approximate surface area is 181 Å². The van der Waals surface area contributed by atoms with E-state index in [4.69, 9.17) is 0 Å². The molecule has 0 unspecified atom stereocenters. The Morgan fingerprint density at radius 2 is 1.79 bits per heavy atom. The Morgan fingerprint density at radius 1 is 1.14 bits per heavy atom. The SMILES string of the molecule is CC(Nc1ccc(C)cc1)=[N+](C)CCNS(=O)(=O)c1cccc([N+](=O)[O-])c1.[I-]. The lowest BCUT2D eigenvalue weighted by atomic mass is 10.2. The summed E-state index contributed by atoms with van der Waals surface area (Å²) in [4.78, 5) is 10.1. The Kier molecular flexibility index (Phi) is 8.98. The molecule has 0 radical (unpaired) electrons. The summed E-state index contributed by atoms with van der Waals surface area (Å²) >= 11 is 0. The molecular formula is C18H23IN4O4S. The van der Waals surface area contributed by atoms with Crippen molar-refractivity contribution >= 4 is 27.2 Å². The Hall–Kier alpha value is -2.05. The molecule has 2 aromatic carbocycles. The third kappa shape index (κ3) is 6.84. The molecule has 8 nitrogen and oxygen atoms in total. The molecule has 0 aromatic heterocycles. The minimum Gasteiger partial charge on any atom is -1.00 e. The van der Waals surface area contributed by atoms with Gasteiger partial charge in [0.2, 0.25) is 15.9 Å². The first-order valence-electron chi connectivity index (χ1n) is 8.31. The fourth-order valence-electron chi connectivity index (χ4n) is 2.30. The van der Waals surface area contributed by atoms with Gasteiger partial charge in [0.25, 0.3) is 5.69 Å². The first-order valence-corrected chi connectivity index (χ1v) is 9.80. The van der Waals surface area contributed by atoms with Gasteiger partial charge in [-0.15, -0.1) is 0 Å². The molecule has 28 heavy (non-hydrogen) atoms. The van der Waals surface area contributed by atoms with Crippen molar-refractivity contribution in [1.82, 2.24) is 4.72 Å². The van der Waals surface area contributed by atoms with Gasteiger partial charge in [0, 0.05) is 25.6 Å². The van der Waals surface area contributed by atoms with Crippen LogP contribution >= 0.6 is 0 Å². The highest BCUT2D eigenvalue weighted by Gasteiger charge is 2.17. The molecular weight excluding hydrogens is 495 g/mol. The molecule has 0 fully saturated rings. The van der Waals surface area contributed by atoms with Crippen molar-refractivity contribution in [2.24, 2.45) is 0 Å². The molecule has 0 bridgehead atoms. The van der Waals surface area contributed by atoms with Gasteiger partial charge < -0.3 is 24.0 Å². The molecule has 0 spiro atoms. The molecule has 2 N–H and O–H groups in total. The van der Waals surface area contributed by atoms with Gasteiger partial charge in [-0.2, -0.15) is 0 Å². The summed E-state index contributed by atoms with van der Waals surface area (Å²) in [7, 11) is -1.97. The first-order chi connectivity index (χ1) is 12.7. The fourth-order valence-corrected chi connectivity index (χ4v) is 3.36. The van der Waals surface area contributed by atoms with Crippen LogP contribution in [0.2, 0.25) is 0 Å². The summed E-state index contributed by atoms with van der Waals surface area (Å²) in [6.45, 7) is 4.50. The normalized spacial score (nSPS) is 12.0. The molecule has 0 aliphatic carbocycles. The Balaban J connectivity index is 0.00000392. The van der Waals surface area contributed by atoms with Crippen LogP contribution in [0.25, 0.3) is 0 Å². The topological polar surface area (TPSA) is 104 Å². The second-order valence-electron chi connectivity index (χ2n) is 6.15. The smallest absolute Gasteiger partial charge is 0.270 e. The molecule has 0 aliphatic heterocycles.